The predicted molar refractivity (Wildman–Crippen MR) is 78.5 cm³/mol. The van der Waals surface area contributed by atoms with Crippen molar-refractivity contribution in [1.29, 1.82) is 0 Å². The Kier molecular flexibility index (Phi) is 4.84. The van der Waals surface area contributed by atoms with E-state index < -0.39 is 15.8 Å². The first-order chi connectivity index (χ1) is 9.28. The number of rotatable bonds is 3. The van der Waals surface area contributed by atoms with Gasteiger partial charge in [0.25, 0.3) is 0 Å². The van der Waals surface area contributed by atoms with Gasteiger partial charge in [-0.05, 0) is 24.5 Å². The molecule has 4 nitrogen and oxygen atoms in total. The molecule has 0 saturated carbocycles. The molecule has 2 rings (SSSR count). The maximum absolute atomic E-state index is 11.8. The molecule has 8 heteroatoms. The van der Waals surface area contributed by atoms with Crippen LogP contribution >= 0.6 is 34.8 Å². The Morgan fingerprint density at radius 1 is 1.25 bits per heavy atom. The lowest BCUT2D eigenvalue weighted by molar-refractivity contribution is -0.135. The third kappa shape index (κ3) is 3.79. The van der Waals surface area contributed by atoms with Crippen LogP contribution in [-0.4, -0.2) is 25.9 Å². The lowest BCUT2D eigenvalue weighted by Gasteiger charge is -2.11. The maximum atomic E-state index is 11.8. The van der Waals surface area contributed by atoms with Crippen LogP contribution in [0.15, 0.2) is 12.1 Å². The fourth-order valence-corrected chi connectivity index (χ4v) is 4.48. The molecule has 1 aromatic carbocycles. The molecule has 20 heavy (non-hydrogen) atoms. The molecule has 0 bridgehead atoms. The van der Waals surface area contributed by atoms with Gasteiger partial charge < -0.3 is 4.74 Å². The van der Waals surface area contributed by atoms with E-state index >= 15 is 0 Å². The molecule has 1 saturated heterocycles. The summed E-state index contributed by atoms with van der Waals surface area (Å²) in [5, 5.41) is 0.459. The monoisotopic (exact) mass is 356 g/mol. The summed E-state index contributed by atoms with van der Waals surface area (Å²) in [6.45, 7) is 0. The molecule has 0 amide bonds. The topological polar surface area (TPSA) is 60.4 Å². The van der Waals surface area contributed by atoms with E-state index in [9.17, 15) is 13.2 Å². The highest BCUT2D eigenvalue weighted by Gasteiger charge is 2.30. The Bertz CT molecular complexity index is 642. The van der Waals surface area contributed by atoms with E-state index in [1.165, 1.54) is 12.1 Å². The number of carbonyl (C=O) groups is 1. The maximum Gasteiger partial charge on any atom is 0.311 e. The highest BCUT2D eigenvalue weighted by Crippen LogP contribution is 2.38. The molecule has 1 aromatic rings. The van der Waals surface area contributed by atoms with Gasteiger partial charge in [-0.1, -0.05) is 34.8 Å². The number of hydrogen-bond acceptors (Lipinski definition) is 4. The van der Waals surface area contributed by atoms with E-state index in [1.54, 1.807) is 0 Å². The molecular formula is C12H11Cl3O4S. The predicted octanol–water partition coefficient (Wildman–Crippen LogP) is 3.38. The van der Waals surface area contributed by atoms with Crippen LogP contribution in [0.1, 0.15) is 12.8 Å². The molecule has 1 fully saturated rings. The first-order valence-electron chi connectivity index (χ1n) is 5.83. The van der Waals surface area contributed by atoms with Crippen LogP contribution < -0.4 is 4.74 Å². The minimum Gasteiger partial charge on any atom is -0.423 e. The molecule has 1 atom stereocenters. The standard InChI is InChI=1S/C12H11Cl3O4S/c13-8-1-2-9(14)12(11(8)15)19-10(16)5-7-3-4-20(17,18)6-7/h1-2,7H,3-6H2. The van der Waals surface area contributed by atoms with Gasteiger partial charge in [-0.3, -0.25) is 4.79 Å². The van der Waals surface area contributed by atoms with Crippen molar-refractivity contribution in [2.75, 3.05) is 11.5 Å². The SMILES string of the molecule is O=C(CC1CCS(=O)(=O)C1)Oc1c(Cl)ccc(Cl)c1Cl. The lowest BCUT2D eigenvalue weighted by Crippen LogP contribution is -2.15. The summed E-state index contributed by atoms with van der Waals surface area (Å²) in [5.74, 6) is -0.656. The van der Waals surface area contributed by atoms with Crippen molar-refractivity contribution in [3.63, 3.8) is 0 Å². The smallest absolute Gasteiger partial charge is 0.311 e. The molecule has 1 heterocycles. The fraction of sp³-hybridized carbons (Fsp3) is 0.417. The number of hydrogen-bond donors (Lipinski definition) is 0. The van der Waals surface area contributed by atoms with Crippen LogP contribution in [0.25, 0.3) is 0 Å². The van der Waals surface area contributed by atoms with E-state index in [-0.39, 0.29) is 44.7 Å². The van der Waals surface area contributed by atoms with E-state index in [2.05, 4.69) is 0 Å². The van der Waals surface area contributed by atoms with Crippen molar-refractivity contribution in [2.45, 2.75) is 12.8 Å². The van der Waals surface area contributed by atoms with Crippen molar-refractivity contribution in [2.24, 2.45) is 5.92 Å². The largest absolute Gasteiger partial charge is 0.423 e. The van der Waals surface area contributed by atoms with Crippen molar-refractivity contribution < 1.29 is 17.9 Å². The van der Waals surface area contributed by atoms with Crippen LogP contribution in [0, 0.1) is 5.92 Å². The molecule has 0 aliphatic carbocycles. The van der Waals surface area contributed by atoms with Gasteiger partial charge in [-0.25, -0.2) is 8.42 Å². The molecule has 0 radical (unpaired) electrons. The Hall–Kier alpha value is -0.490. The first kappa shape index (κ1) is 15.9. The number of sulfone groups is 1. The molecule has 0 aromatic heterocycles. The lowest BCUT2D eigenvalue weighted by atomic mass is 10.1. The molecule has 0 spiro atoms. The highest BCUT2D eigenvalue weighted by atomic mass is 35.5. The molecular weight excluding hydrogens is 347 g/mol. The number of benzene rings is 1. The average Bonchev–Trinajstić information content (AvgIpc) is 2.69. The molecule has 0 N–H and O–H groups in total. The van der Waals surface area contributed by atoms with E-state index in [4.69, 9.17) is 39.5 Å². The second kappa shape index (κ2) is 6.10. The van der Waals surface area contributed by atoms with E-state index in [0.29, 0.717) is 6.42 Å². The quantitative estimate of drug-likeness (QED) is 0.473. The summed E-state index contributed by atoms with van der Waals surface area (Å²) < 4.78 is 27.7. The van der Waals surface area contributed by atoms with E-state index in [0.717, 1.165) is 0 Å². The third-order valence-corrected chi connectivity index (χ3v) is 5.92. The zero-order chi connectivity index (χ0) is 14.9. The Balaban J connectivity index is 2.04. The van der Waals surface area contributed by atoms with Gasteiger partial charge >= 0.3 is 5.97 Å². The van der Waals surface area contributed by atoms with Gasteiger partial charge in [0.1, 0.15) is 5.02 Å². The fourth-order valence-electron chi connectivity index (χ4n) is 2.03. The summed E-state index contributed by atoms with van der Waals surface area (Å²) in [7, 11) is -3.02. The molecule has 1 aliphatic heterocycles. The van der Waals surface area contributed by atoms with Crippen molar-refractivity contribution in [3.8, 4) is 5.75 Å². The normalized spacial score (nSPS) is 20.9. The van der Waals surface area contributed by atoms with Crippen LogP contribution in [-0.2, 0) is 14.6 Å². The summed E-state index contributed by atoms with van der Waals surface area (Å²) in [6.07, 6.45) is 0.479. The zero-order valence-electron chi connectivity index (χ0n) is 10.2. The number of halogens is 3. The van der Waals surface area contributed by atoms with Crippen LogP contribution in [0.5, 0.6) is 5.75 Å². The third-order valence-electron chi connectivity index (χ3n) is 3.00. The van der Waals surface area contributed by atoms with Crippen LogP contribution in [0.2, 0.25) is 15.1 Å². The van der Waals surface area contributed by atoms with E-state index in [1.807, 2.05) is 0 Å². The number of ether oxygens (including phenoxy) is 1. The number of carbonyl (C=O) groups excluding carboxylic acids is 1. The van der Waals surface area contributed by atoms with Crippen LogP contribution in [0.3, 0.4) is 0 Å². The molecule has 1 aliphatic rings. The molecule has 110 valence electrons. The summed E-state index contributed by atoms with van der Waals surface area (Å²) in [6, 6.07) is 2.96. The summed E-state index contributed by atoms with van der Waals surface area (Å²) in [4.78, 5) is 11.8. The van der Waals surface area contributed by atoms with Crippen molar-refractivity contribution >= 4 is 50.6 Å². The second-order valence-corrected chi connectivity index (χ2v) is 8.04. The van der Waals surface area contributed by atoms with Gasteiger partial charge in [0, 0.05) is 6.42 Å². The van der Waals surface area contributed by atoms with Crippen LogP contribution in [0.4, 0.5) is 0 Å². The first-order valence-corrected chi connectivity index (χ1v) is 8.78. The minimum absolute atomic E-state index is 0.00619. The Labute approximate surface area is 131 Å². The summed E-state index contributed by atoms with van der Waals surface area (Å²) >= 11 is 17.6. The van der Waals surface area contributed by atoms with Gasteiger partial charge in [0.05, 0.1) is 21.6 Å². The van der Waals surface area contributed by atoms with Gasteiger partial charge in [-0.15, -0.1) is 0 Å². The Morgan fingerprint density at radius 2 is 1.90 bits per heavy atom. The zero-order valence-corrected chi connectivity index (χ0v) is 13.3. The second-order valence-electron chi connectivity index (χ2n) is 4.62. The Morgan fingerprint density at radius 3 is 2.50 bits per heavy atom. The number of esters is 1. The minimum atomic E-state index is -3.02. The van der Waals surface area contributed by atoms with Crippen molar-refractivity contribution in [3.05, 3.63) is 27.2 Å². The van der Waals surface area contributed by atoms with Crippen molar-refractivity contribution in [1.82, 2.24) is 0 Å². The van der Waals surface area contributed by atoms with Gasteiger partial charge in [-0.2, -0.15) is 0 Å². The van der Waals surface area contributed by atoms with Gasteiger partial charge in [0.2, 0.25) is 0 Å². The summed E-state index contributed by atoms with van der Waals surface area (Å²) in [5.41, 5.74) is 0. The molecule has 1 unspecified atom stereocenters. The van der Waals surface area contributed by atoms with Gasteiger partial charge in [0.15, 0.2) is 15.6 Å². The highest BCUT2D eigenvalue weighted by molar-refractivity contribution is 7.91. The average molecular weight is 358 g/mol.